The Morgan fingerprint density at radius 3 is 2.95 bits per heavy atom. The minimum Gasteiger partial charge on any atom is -0.508 e. The minimum atomic E-state index is -0.408. The molecule has 0 aromatic heterocycles. The summed E-state index contributed by atoms with van der Waals surface area (Å²) in [5.41, 5.74) is 1.35. The van der Waals surface area contributed by atoms with Gasteiger partial charge in [0.25, 0.3) is 0 Å². The Balaban J connectivity index is 1.69. The summed E-state index contributed by atoms with van der Waals surface area (Å²) in [6, 6.07) is 11.8. The maximum atomic E-state index is 12.2. The molecule has 1 aliphatic heterocycles. The lowest BCUT2D eigenvalue weighted by molar-refractivity contribution is 0.0131. The zero-order chi connectivity index (χ0) is 15.5. The van der Waals surface area contributed by atoms with Crippen molar-refractivity contribution in [2.45, 2.75) is 12.5 Å². The van der Waals surface area contributed by atoms with E-state index in [0.29, 0.717) is 23.5 Å². The molecule has 1 aliphatic rings. The number of hydrogen-bond donors (Lipinski definition) is 1. The molecule has 1 unspecified atom stereocenters. The van der Waals surface area contributed by atoms with Crippen molar-refractivity contribution in [1.29, 1.82) is 0 Å². The normalized spacial score (nSPS) is 16.3. The van der Waals surface area contributed by atoms with Crippen molar-refractivity contribution in [1.82, 2.24) is 0 Å². The summed E-state index contributed by atoms with van der Waals surface area (Å²) in [6.07, 6.45) is 0.210. The monoisotopic (exact) mass is 300 g/mol. The van der Waals surface area contributed by atoms with Crippen LogP contribution in [0.25, 0.3) is 0 Å². The second-order valence-electron chi connectivity index (χ2n) is 5.07. The van der Waals surface area contributed by atoms with E-state index in [4.69, 9.17) is 14.2 Å². The summed E-state index contributed by atoms with van der Waals surface area (Å²) in [5.74, 6) is 0.990. The molecule has 5 heteroatoms. The van der Waals surface area contributed by atoms with Gasteiger partial charge in [0.2, 0.25) is 0 Å². The van der Waals surface area contributed by atoms with Gasteiger partial charge in [-0.15, -0.1) is 0 Å². The Morgan fingerprint density at radius 2 is 2.14 bits per heavy atom. The maximum Gasteiger partial charge on any atom is 0.338 e. The number of aromatic hydroxyl groups is 1. The number of esters is 1. The molecule has 1 heterocycles. The average molecular weight is 300 g/mol. The van der Waals surface area contributed by atoms with Gasteiger partial charge >= 0.3 is 5.97 Å². The fourth-order valence-electron chi connectivity index (χ4n) is 2.38. The first-order valence-corrected chi connectivity index (χ1v) is 6.95. The first kappa shape index (κ1) is 14.3. The Hall–Kier alpha value is -2.69. The molecule has 114 valence electrons. The second-order valence-corrected chi connectivity index (χ2v) is 5.07. The summed E-state index contributed by atoms with van der Waals surface area (Å²) in [4.78, 5) is 12.2. The zero-order valence-electron chi connectivity index (χ0n) is 12.1. The van der Waals surface area contributed by atoms with Crippen LogP contribution in [0.3, 0.4) is 0 Å². The van der Waals surface area contributed by atoms with Gasteiger partial charge < -0.3 is 19.3 Å². The van der Waals surface area contributed by atoms with Crippen LogP contribution in [0.4, 0.5) is 0 Å². The number of hydrogen-bond acceptors (Lipinski definition) is 5. The number of methoxy groups -OCH3 is 1. The van der Waals surface area contributed by atoms with Crippen LogP contribution < -0.4 is 9.47 Å². The van der Waals surface area contributed by atoms with Gasteiger partial charge in [0.1, 0.15) is 30.0 Å². The quantitative estimate of drug-likeness (QED) is 0.883. The van der Waals surface area contributed by atoms with Gasteiger partial charge in [0.15, 0.2) is 0 Å². The third kappa shape index (κ3) is 2.98. The molecular weight excluding hydrogens is 284 g/mol. The molecule has 5 nitrogen and oxygen atoms in total. The van der Waals surface area contributed by atoms with Crippen LogP contribution in [0, 0.1) is 0 Å². The van der Waals surface area contributed by atoms with Crippen molar-refractivity contribution < 1.29 is 24.1 Å². The predicted octanol–water partition coefficient (Wildman–Crippen LogP) is 2.56. The lowest BCUT2D eigenvalue weighted by Gasteiger charge is -2.25. The second kappa shape index (κ2) is 5.97. The van der Waals surface area contributed by atoms with Crippen molar-refractivity contribution in [2.24, 2.45) is 0 Å². The highest BCUT2D eigenvalue weighted by Gasteiger charge is 2.24. The number of carbonyl (C=O) groups is 1. The molecule has 3 rings (SSSR count). The molecule has 1 atom stereocenters. The van der Waals surface area contributed by atoms with E-state index in [1.807, 2.05) is 0 Å². The summed E-state index contributed by atoms with van der Waals surface area (Å²) in [6.45, 7) is 0.270. The van der Waals surface area contributed by atoms with E-state index in [-0.39, 0.29) is 18.5 Å². The fraction of sp³-hybridized carbons (Fsp3) is 0.235. The molecule has 0 spiro atoms. The third-order valence-electron chi connectivity index (χ3n) is 3.50. The van der Waals surface area contributed by atoms with Crippen molar-refractivity contribution in [3.8, 4) is 17.2 Å². The highest BCUT2D eigenvalue weighted by molar-refractivity contribution is 5.90. The number of phenols is 1. The van der Waals surface area contributed by atoms with Gasteiger partial charge in [-0.1, -0.05) is 12.1 Å². The Labute approximate surface area is 128 Å². The summed E-state index contributed by atoms with van der Waals surface area (Å²) < 4.78 is 16.1. The highest BCUT2D eigenvalue weighted by atomic mass is 16.6. The van der Waals surface area contributed by atoms with Crippen molar-refractivity contribution in [3.05, 3.63) is 53.6 Å². The lowest BCUT2D eigenvalue weighted by Crippen LogP contribution is -2.31. The Bertz CT molecular complexity index is 695. The van der Waals surface area contributed by atoms with E-state index in [1.54, 1.807) is 49.6 Å². The van der Waals surface area contributed by atoms with E-state index < -0.39 is 5.97 Å². The number of phenolic OH excluding ortho intramolecular Hbond substituents is 1. The molecule has 1 N–H and O–H groups in total. The van der Waals surface area contributed by atoms with Crippen LogP contribution in [-0.2, 0) is 11.2 Å². The standard InChI is InChI=1S/C17H16O5/c1-20-14-4-2-3-12(8-14)17(19)22-15-7-11-5-6-13(18)9-16(11)21-10-15/h2-6,8-9,15,18H,7,10H2,1H3. The smallest absolute Gasteiger partial charge is 0.338 e. The third-order valence-corrected chi connectivity index (χ3v) is 3.50. The lowest BCUT2D eigenvalue weighted by atomic mass is 10.0. The summed E-state index contributed by atoms with van der Waals surface area (Å²) in [7, 11) is 1.55. The number of fused-ring (bicyclic) bond motifs is 1. The molecule has 0 amide bonds. The van der Waals surface area contributed by atoms with E-state index in [1.165, 1.54) is 0 Å². The molecular formula is C17H16O5. The van der Waals surface area contributed by atoms with Crippen molar-refractivity contribution in [3.63, 3.8) is 0 Å². The van der Waals surface area contributed by atoms with E-state index in [2.05, 4.69) is 0 Å². The van der Waals surface area contributed by atoms with Crippen LogP contribution in [0.1, 0.15) is 15.9 Å². The Morgan fingerprint density at radius 1 is 1.27 bits per heavy atom. The molecule has 0 aliphatic carbocycles. The predicted molar refractivity (Wildman–Crippen MR) is 79.5 cm³/mol. The molecule has 0 fully saturated rings. The largest absolute Gasteiger partial charge is 0.508 e. The van der Waals surface area contributed by atoms with Gasteiger partial charge in [-0.3, -0.25) is 0 Å². The van der Waals surface area contributed by atoms with Gasteiger partial charge in [0, 0.05) is 12.5 Å². The zero-order valence-corrected chi connectivity index (χ0v) is 12.1. The SMILES string of the molecule is COc1cccc(C(=O)OC2COc3cc(O)ccc3C2)c1. The van der Waals surface area contributed by atoms with Crippen LogP contribution in [0.5, 0.6) is 17.2 Å². The molecule has 2 aromatic carbocycles. The van der Waals surface area contributed by atoms with Crippen LogP contribution >= 0.6 is 0 Å². The van der Waals surface area contributed by atoms with Crippen LogP contribution in [0.2, 0.25) is 0 Å². The van der Waals surface area contributed by atoms with Crippen LogP contribution in [0.15, 0.2) is 42.5 Å². The molecule has 0 radical (unpaired) electrons. The van der Waals surface area contributed by atoms with Gasteiger partial charge in [-0.05, 0) is 29.8 Å². The number of carbonyl (C=O) groups excluding carboxylic acids is 1. The minimum absolute atomic E-state index is 0.158. The number of ether oxygens (including phenoxy) is 3. The van der Waals surface area contributed by atoms with Crippen molar-refractivity contribution >= 4 is 5.97 Å². The highest BCUT2D eigenvalue weighted by Crippen LogP contribution is 2.29. The molecule has 0 bridgehead atoms. The number of benzene rings is 2. The molecule has 2 aromatic rings. The first-order valence-electron chi connectivity index (χ1n) is 6.95. The molecule has 22 heavy (non-hydrogen) atoms. The maximum absolute atomic E-state index is 12.2. The number of rotatable bonds is 3. The van der Waals surface area contributed by atoms with E-state index >= 15 is 0 Å². The average Bonchev–Trinajstić information content (AvgIpc) is 2.55. The van der Waals surface area contributed by atoms with Gasteiger partial charge in [-0.25, -0.2) is 4.79 Å². The first-order chi connectivity index (χ1) is 10.7. The van der Waals surface area contributed by atoms with E-state index in [9.17, 15) is 9.90 Å². The topological polar surface area (TPSA) is 65.0 Å². The van der Waals surface area contributed by atoms with Gasteiger partial charge in [0.05, 0.1) is 12.7 Å². The molecule has 0 saturated carbocycles. The fourth-order valence-corrected chi connectivity index (χ4v) is 2.38. The summed E-state index contributed by atoms with van der Waals surface area (Å²) in [5, 5.41) is 9.42. The summed E-state index contributed by atoms with van der Waals surface area (Å²) >= 11 is 0. The van der Waals surface area contributed by atoms with Crippen LogP contribution in [-0.4, -0.2) is 30.9 Å². The Kier molecular flexibility index (Phi) is 3.87. The molecule has 0 saturated heterocycles. The van der Waals surface area contributed by atoms with Crippen molar-refractivity contribution in [2.75, 3.05) is 13.7 Å². The van der Waals surface area contributed by atoms with E-state index in [0.717, 1.165) is 5.56 Å². The van der Waals surface area contributed by atoms with Gasteiger partial charge in [-0.2, -0.15) is 0 Å².